The first-order chi connectivity index (χ1) is 10.7. The van der Waals surface area contributed by atoms with Crippen LogP contribution < -0.4 is 42.0 Å². The molecule has 25 heavy (non-hydrogen) atoms. The summed E-state index contributed by atoms with van der Waals surface area (Å²) in [5.74, 6) is 0. The molecule has 0 bridgehead atoms. The summed E-state index contributed by atoms with van der Waals surface area (Å²) in [6.45, 7) is 2.52. The molecular weight excluding hydrogens is 378 g/mol. The van der Waals surface area contributed by atoms with E-state index < -0.39 is 10.1 Å². The van der Waals surface area contributed by atoms with Gasteiger partial charge in [0.2, 0.25) is 0 Å². The van der Waals surface area contributed by atoms with Crippen molar-refractivity contribution < 1.29 is 54.6 Å². The van der Waals surface area contributed by atoms with Gasteiger partial charge in [0.25, 0.3) is 10.1 Å². The zero-order valence-corrected chi connectivity index (χ0v) is 21.7. The molecule has 0 aliphatic heterocycles. The van der Waals surface area contributed by atoms with Crippen LogP contribution in [0, 0.1) is 0 Å². The molecule has 0 atom stereocenters. The monoisotopic (exact) mass is 407 g/mol. The average molecular weight is 408 g/mol. The first-order valence-corrected chi connectivity index (χ1v) is 10.0. The van der Waals surface area contributed by atoms with Crippen molar-refractivity contribution >= 4 is 39.7 Å². The van der Waals surface area contributed by atoms with Crippen LogP contribution >= 0.6 is 0 Å². The summed E-state index contributed by atoms with van der Waals surface area (Å²) in [7, 11) is -3.57. The molecular formula is C18H30ClNa2O3S. The van der Waals surface area contributed by atoms with Crippen LogP contribution in [0.1, 0.15) is 71.1 Å². The summed E-state index contributed by atoms with van der Waals surface area (Å²) < 4.78 is 28.8. The van der Waals surface area contributed by atoms with Crippen molar-refractivity contribution in [3.05, 3.63) is 30.3 Å². The Balaban J connectivity index is -0.00000161. The predicted octanol–water partition coefficient (Wildman–Crippen LogP) is -1.06. The zero-order valence-electron chi connectivity index (χ0n) is 16.2. The Bertz CT molecular complexity index is 484. The van der Waals surface area contributed by atoms with Gasteiger partial charge in [-0.15, -0.1) is 0 Å². The first-order valence-electron chi connectivity index (χ1n) is 8.61. The zero-order chi connectivity index (χ0) is 16.1. The summed E-state index contributed by atoms with van der Waals surface area (Å²) in [6, 6.07) is 8.33. The van der Waals surface area contributed by atoms with Crippen LogP contribution in [0.25, 0.3) is 0 Å². The van der Waals surface area contributed by atoms with Gasteiger partial charge in [-0.25, -0.2) is 0 Å². The van der Waals surface area contributed by atoms with Gasteiger partial charge in [0.1, 0.15) is 0 Å². The van der Waals surface area contributed by atoms with Crippen LogP contribution in [0.5, 0.6) is 0 Å². The third-order valence-electron chi connectivity index (χ3n) is 3.77. The average Bonchev–Trinajstić information content (AvgIpc) is 2.53. The number of rotatable bonds is 13. The van der Waals surface area contributed by atoms with Crippen molar-refractivity contribution in [1.29, 1.82) is 0 Å². The van der Waals surface area contributed by atoms with E-state index in [0.29, 0.717) is 0 Å². The summed E-state index contributed by atoms with van der Waals surface area (Å²) >= 11 is 0. The van der Waals surface area contributed by atoms with Crippen molar-refractivity contribution in [2.24, 2.45) is 0 Å². The third kappa shape index (κ3) is 16.1. The van der Waals surface area contributed by atoms with Crippen LogP contribution in [-0.2, 0) is 14.3 Å². The van der Waals surface area contributed by atoms with Crippen LogP contribution in [0.15, 0.2) is 35.2 Å². The molecule has 1 radical (unpaired) electrons. The normalized spacial score (nSPS) is 10.3. The SMILES string of the molecule is CCCCCCCCCCCCOS(=O)(=O)c1ccccc1.[Cl-].[Na+].[Na]. The van der Waals surface area contributed by atoms with Gasteiger partial charge in [0.15, 0.2) is 0 Å². The maximum absolute atomic E-state index is 11.9. The first kappa shape index (κ1) is 31.1. The van der Waals surface area contributed by atoms with Crippen LogP contribution in [0.2, 0.25) is 0 Å². The Kier molecular flexibility index (Phi) is 25.1. The van der Waals surface area contributed by atoms with E-state index >= 15 is 0 Å². The van der Waals surface area contributed by atoms with E-state index in [9.17, 15) is 8.42 Å². The molecule has 135 valence electrons. The summed E-state index contributed by atoms with van der Waals surface area (Å²) in [6.07, 6.45) is 12.3. The minimum Gasteiger partial charge on any atom is -1.00 e. The molecule has 0 spiro atoms. The number of unbranched alkanes of at least 4 members (excludes halogenated alkanes) is 9. The standard InChI is InChI=1S/C18H30O3S.ClH.2Na/c1-2-3-4-5-6-7-8-9-10-14-17-21-22(19,20)18-15-12-11-13-16-18;;;/h11-13,15-16H,2-10,14,17H2,1H3;1H;;/q;;;+1/p-1. The molecule has 0 fully saturated rings. The Labute approximate surface area is 205 Å². The van der Waals surface area contributed by atoms with Gasteiger partial charge in [-0.05, 0) is 18.6 Å². The molecule has 0 N–H and O–H groups in total. The molecule has 3 nitrogen and oxygen atoms in total. The van der Waals surface area contributed by atoms with E-state index in [1.165, 1.54) is 51.4 Å². The molecule has 1 aromatic rings. The second-order valence-electron chi connectivity index (χ2n) is 5.77. The Hall–Kier alpha value is 1.42. The largest absolute Gasteiger partial charge is 1.00 e. The van der Waals surface area contributed by atoms with Crippen molar-refractivity contribution in [2.45, 2.75) is 76.0 Å². The molecule has 0 unspecified atom stereocenters. The molecule has 0 saturated carbocycles. The van der Waals surface area contributed by atoms with E-state index in [1.807, 2.05) is 0 Å². The smallest absolute Gasteiger partial charge is 1.00 e. The number of benzene rings is 1. The summed E-state index contributed by atoms with van der Waals surface area (Å²) in [5.41, 5.74) is 0. The van der Waals surface area contributed by atoms with Gasteiger partial charge >= 0.3 is 29.6 Å². The fraction of sp³-hybridized carbons (Fsp3) is 0.667. The molecule has 0 aliphatic carbocycles. The van der Waals surface area contributed by atoms with Crippen LogP contribution in [0.4, 0.5) is 0 Å². The van der Waals surface area contributed by atoms with Gasteiger partial charge in [0.05, 0.1) is 11.5 Å². The maximum atomic E-state index is 11.9. The van der Waals surface area contributed by atoms with Crippen molar-refractivity contribution in [1.82, 2.24) is 0 Å². The summed E-state index contributed by atoms with van der Waals surface area (Å²) in [5, 5.41) is 0. The van der Waals surface area contributed by atoms with E-state index in [-0.39, 0.29) is 83.0 Å². The molecule has 0 heterocycles. The summed E-state index contributed by atoms with van der Waals surface area (Å²) in [4.78, 5) is 0.238. The van der Waals surface area contributed by atoms with Gasteiger partial charge in [-0.2, -0.15) is 8.42 Å². The van der Waals surface area contributed by atoms with Crippen molar-refractivity contribution in [3.63, 3.8) is 0 Å². The van der Waals surface area contributed by atoms with E-state index in [2.05, 4.69) is 6.92 Å². The van der Waals surface area contributed by atoms with Gasteiger partial charge < -0.3 is 12.4 Å². The molecule has 0 aliphatic rings. The number of hydrogen-bond acceptors (Lipinski definition) is 3. The maximum Gasteiger partial charge on any atom is 1.00 e. The second kappa shape index (κ2) is 20.2. The quantitative estimate of drug-likeness (QED) is 0.238. The van der Waals surface area contributed by atoms with Crippen molar-refractivity contribution in [2.75, 3.05) is 6.61 Å². The fourth-order valence-corrected chi connectivity index (χ4v) is 3.38. The van der Waals surface area contributed by atoms with Gasteiger partial charge in [0, 0.05) is 29.6 Å². The predicted molar refractivity (Wildman–Crippen MR) is 97.2 cm³/mol. The molecule has 1 rings (SSSR count). The molecule has 1 aromatic carbocycles. The van der Waals surface area contributed by atoms with Gasteiger partial charge in [-0.3, -0.25) is 4.18 Å². The minimum atomic E-state index is -3.57. The molecule has 0 aromatic heterocycles. The van der Waals surface area contributed by atoms with Crippen LogP contribution in [-0.4, -0.2) is 44.6 Å². The van der Waals surface area contributed by atoms with E-state index in [0.717, 1.165) is 12.8 Å². The van der Waals surface area contributed by atoms with E-state index in [4.69, 9.17) is 4.18 Å². The minimum absolute atomic E-state index is 0. The topological polar surface area (TPSA) is 43.4 Å². The van der Waals surface area contributed by atoms with Crippen LogP contribution in [0.3, 0.4) is 0 Å². The Morgan fingerprint density at radius 2 is 1.24 bits per heavy atom. The molecule has 0 amide bonds. The number of halogens is 1. The van der Waals surface area contributed by atoms with Crippen molar-refractivity contribution in [3.8, 4) is 0 Å². The molecule has 7 heteroatoms. The van der Waals surface area contributed by atoms with E-state index in [1.54, 1.807) is 30.3 Å². The third-order valence-corrected chi connectivity index (χ3v) is 5.09. The Morgan fingerprint density at radius 3 is 1.72 bits per heavy atom. The molecule has 0 saturated heterocycles. The number of hydrogen-bond donors (Lipinski definition) is 0. The second-order valence-corrected chi connectivity index (χ2v) is 7.39. The Morgan fingerprint density at radius 1 is 0.800 bits per heavy atom. The van der Waals surface area contributed by atoms with Gasteiger partial charge in [-0.1, -0.05) is 82.9 Å². The fourth-order valence-electron chi connectivity index (χ4n) is 2.41.